The normalized spacial score (nSPS) is 11.1. The number of aromatic nitrogens is 1. The first-order valence-corrected chi connectivity index (χ1v) is 10.8. The molecular formula is C27H20ClN3O3. The van der Waals surface area contributed by atoms with Gasteiger partial charge < -0.3 is 14.6 Å². The summed E-state index contributed by atoms with van der Waals surface area (Å²) in [6.45, 7) is 0.496. The first-order valence-electron chi connectivity index (χ1n) is 10.4. The molecule has 0 unspecified atom stereocenters. The van der Waals surface area contributed by atoms with Crippen LogP contribution in [0.1, 0.15) is 21.5 Å². The van der Waals surface area contributed by atoms with E-state index in [0.29, 0.717) is 22.8 Å². The Morgan fingerprint density at radius 2 is 1.88 bits per heavy atom. The number of rotatable bonds is 6. The number of ether oxygens (including phenoxy) is 1. The Morgan fingerprint density at radius 3 is 2.65 bits per heavy atom. The number of halogens is 1. The second-order valence-corrected chi connectivity index (χ2v) is 7.99. The Kier molecular flexibility index (Phi) is 6.77. The van der Waals surface area contributed by atoms with E-state index in [9.17, 15) is 14.9 Å². The second-order valence-electron chi connectivity index (χ2n) is 7.56. The molecule has 6 nitrogen and oxygen atoms in total. The van der Waals surface area contributed by atoms with Crippen LogP contribution < -0.4 is 5.32 Å². The molecule has 4 rings (SSSR count). The minimum atomic E-state index is -0.521. The van der Waals surface area contributed by atoms with Gasteiger partial charge in [-0.3, -0.25) is 4.79 Å². The van der Waals surface area contributed by atoms with Gasteiger partial charge in [0.2, 0.25) is 0 Å². The Hall–Kier alpha value is -4.34. The zero-order chi connectivity index (χ0) is 24.1. The Morgan fingerprint density at radius 1 is 1.09 bits per heavy atom. The third kappa shape index (κ3) is 5.01. The molecule has 0 atom stereocenters. The van der Waals surface area contributed by atoms with E-state index in [4.69, 9.17) is 16.3 Å². The zero-order valence-corrected chi connectivity index (χ0v) is 19.0. The number of anilines is 1. The van der Waals surface area contributed by atoms with Crippen LogP contribution in [0.5, 0.6) is 0 Å². The van der Waals surface area contributed by atoms with Crippen LogP contribution in [-0.4, -0.2) is 23.6 Å². The van der Waals surface area contributed by atoms with Crippen molar-refractivity contribution in [3.05, 3.63) is 106 Å². The first-order chi connectivity index (χ1) is 16.5. The topological polar surface area (TPSA) is 84.1 Å². The highest BCUT2D eigenvalue weighted by atomic mass is 35.5. The predicted molar refractivity (Wildman–Crippen MR) is 132 cm³/mol. The van der Waals surface area contributed by atoms with E-state index < -0.39 is 11.9 Å². The number of nitrogens with one attached hydrogen (secondary N) is 1. The van der Waals surface area contributed by atoms with Gasteiger partial charge in [-0.05, 0) is 48.0 Å². The van der Waals surface area contributed by atoms with E-state index in [1.807, 2.05) is 53.2 Å². The summed E-state index contributed by atoms with van der Waals surface area (Å²) < 4.78 is 6.83. The van der Waals surface area contributed by atoms with E-state index in [-0.39, 0.29) is 5.57 Å². The molecule has 7 heteroatoms. The first kappa shape index (κ1) is 22.8. The maximum atomic E-state index is 12.7. The SMILES string of the molecule is COC(=O)c1cccc(Cn2cc(C=C(C#N)C(=O)Nc3cccc(Cl)c3)c3ccccc32)c1. The van der Waals surface area contributed by atoms with Crippen LogP contribution in [0, 0.1) is 11.3 Å². The van der Waals surface area contributed by atoms with Crippen LogP contribution in [0.4, 0.5) is 5.69 Å². The summed E-state index contributed by atoms with van der Waals surface area (Å²) in [6, 6.07) is 23.7. The third-order valence-corrected chi connectivity index (χ3v) is 5.50. The number of carbonyl (C=O) groups excluding carboxylic acids is 2. The number of hydrogen-bond donors (Lipinski definition) is 1. The fourth-order valence-corrected chi connectivity index (χ4v) is 3.89. The van der Waals surface area contributed by atoms with Crippen molar-refractivity contribution in [3.8, 4) is 6.07 Å². The molecule has 4 aromatic rings. The minimum Gasteiger partial charge on any atom is -0.465 e. The molecule has 0 aliphatic heterocycles. The molecular weight excluding hydrogens is 450 g/mol. The fraction of sp³-hybridized carbons (Fsp3) is 0.0741. The molecule has 0 saturated carbocycles. The maximum absolute atomic E-state index is 12.7. The van der Waals surface area contributed by atoms with E-state index in [0.717, 1.165) is 22.0 Å². The number of nitrogens with zero attached hydrogens (tertiary/aromatic N) is 2. The standard InChI is InChI=1S/C27H20ClN3O3/c1-34-27(33)19-7-4-6-18(12-19)16-31-17-21(24-10-2-3-11-25(24)31)13-20(15-29)26(32)30-23-9-5-8-22(28)14-23/h2-14,17H,16H2,1H3,(H,30,32). The van der Waals surface area contributed by atoms with Crippen LogP contribution in [0.25, 0.3) is 17.0 Å². The summed E-state index contributed by atoms with van der Waals surface area (Å²) in [4.78, 5) is 24.6. The van der Waals surface area contributed by atoms with Crippen LogP contribution in [0.3, 0.4) is 0 Å². The lowest BCUT2D eigenvalue weighted by atomic mass is 10.1. The summed E-state index contributed by atoms with van der Waals surface area (Å²) >= 11 is 5.98. The van der Waals surface area contributed by atoms with E-state index in [1.54, 1.807) is 42.5 Å². The van der Waals surface area contributed by atoms with Crippen molar-refractivity contribution in [2.45, 2.75) is 6.54 Å². The zero-order valence-electron chi connectivity index (χ0n) is 18.3. The quantitative estimate of drug-likeness (QED) is 0.224. The van der Waals surface area contributed by atoms with E-state index in [2.05, 4.69) is 5.32 Å². The summed E-state index contributed by atoms with van der Waals surface area (Å²) in [5, 5.41) is 13.7. The lowest BCUT2D eigenvalue weighted by molar-refractivity contribution is -0.112. The van der Waals surface area contributed by atoms with Crippen molar-refractivity contribution >= 4 is 46.1 Å². The summed E-state index contributed by atoms with van der Waals surface area (Å²) in [7, 11) is 1.35. The van der Waals surface area contributed by atoms with Crippen molar-refractivity contribution in [2.24, 2.45) is 0 Å². The lowest BCUT2D eigenvalue weighted by Crippen LogP contribution is -2.13. The number of hydrogen-bond acceptors (Lipinski definition) is 4. The third-order valence-electron chi connectivity index (χ3n) is 5.27. The van der Waals surface area contributed by atoms with Crippen molar-refractivity contribution in [3.63, 3.8) is 0 Å². The lowest BCUT2D eigenvalue weighted by Gasteiger charge is -2.07. The largest absolute Gasteiger partial charge is 0.465 e. The average Bonchev–Trinajstić information content (AvgIpc) is 3.19. The van der Waals surface area contributed by atoms with Gasteiger partial charge in [-0.2, -0.15) is 5.26 Å². The average molecular weight is 470 g/mol. The minimum absolute atomic E-state index is 0.0319. The molecule has 0 spiro atoms. The number of methoxy groups -OCH3 is 1. The highest BCUT2D eigenvalue weighted by molar-refractivity contribution is 6.31. The molecule has 0 radical (unpaired) electrons. The smallest absolute Gasteiger partial charge is 0.337 e. The Balaban J connectivity index is 1.67. The number of benzene rings is 3. The molecule has 1 heterocycles. The molecule has 1 N–H and O–H groups in total. The van der Waals surface area contributed by atoms with Gasteiger partial charge in [-0.15, -0.1) is 0 Å². The highest BCUT2D eigenvalue weighted by Crippen LogP contribution is 2.25. The molecule has 0 aliphatic carbocycles. The summed E-state index contributed by atoms with van der Waals surface area (Å²) in [5.41, 5.74) is 3.53. The maximum Gasteiger partial charge on any atom is 0.337 e. The molecule has 0 fully saturated rings. The van der Waals surface area contributed by atoms with Gasteiger partial charge in [0.15, 0.2) is 0 Å². The number of fused-ring (bicyclic) bond motifs is 1. The fourth-order valence-electron chi connectivity index (χ4n) is 3.70. The van der Waals surface area contributed by atoms with E-state index in [1.165, 1.54) is 7.11 Å². The molecule has 34 heavy (non-hydrogen) atoms. The summed E-state index contributed by atoms with van der Waals surface area (Å²) in [6.07, 6.45) is 3.46. The number of amides is 1. The van der Waals surface area contributed by atoms with Gasteiger partial charge in [0.25, 0.3) is 5.91 Å². The molecule has 3 aromatic carbocycles. The van der Waals surface area contributed by atoms with Crippen LogP contribution in [0.15, 0.2) is 84.6 Å². The molecule has 0 bridgehead atoms. The van der Waals surface area contributed by atoms with Crippen molar-refractivity contribution in [1.29, 1.82) is 5.26 Å². The Bertz CT molecular complexity index is 1460. The molecule has 1 aromatic heterocycles. The van der Waals surface area contributed by atoms with Gasteiger partial charge in [0.1, 0.15) is 11.6 Å². The molecule has 1 amide bonds. The number of para-hydroxylation sites is 1. The predicted octanol–water partition coefficient (Wildman–Crippen LogP) is 5.68. The van der Waals surface area contributed by atoms with Crippen LogP contribution >= 0.6 is 11.6 Å². The van der Waals surface area contributed by atoms with Crippen molar-refractivity contribution < 1.29 is 14.3 Å². The monoisotopic (exact) mass is 469 g/mol. The van der Waals surface area contributed by atoms with Crippen LogP contribution in [0.2, 0.25) is 5.02 Å². The van der Waals surface area contributed by atoms with Gasteiger partial charge >= 0.3 is 5.97 Å². The number of esters is 1. The van der Waals surface area contributed by atoms with Crippen molar-refractivity contribution in [1.82, 2.24) is 4.57 Å². The number of nitriles is 1. The number of carbonyl (C=O) groups is 2. The second kappa shape index (κ2) is 10.1. The van der Waals surface area contributed by atoms with Gasteiger partial charge in [0, 0.05) is 39.9 Å². The van der Waals surface area contributed by atoms with Gasteiger partial charge in [-0.25, -0.2) is 4.79 Å². The van der Waals surface area contributed by atoms with Crippen LogP contribution in [-0.2, 0) is 16.1 Å². The molecule has 0 aliphatic rings. The van der Waals surface area contributed by atoms with E-state index >= 15 is 0 Å². The summed E-state index contributed by atoms with van der Waals surface area (Å²) in [5.74, 6) is -0.917. The van der Waals surface area contributed by atoms with Gasteiger partial charge in [0.05, 0.1) is 12.7 Å². The molecule has 0 saturated heterocycles. The molecule has 168 valence electrons. The highest BCUT2D eigenvalue weighted by Gasteiger charge is 2.14. The Labute approximate surface area is 201 Å². The van der Waals surface area contributed by atoms with Gasteiger partial charge in [-0.1, -0.05) is 48.0 Å². The van der Waals surface area contributed by atoms with Crippen molar-refractivity contribution in [2.75, 3.05) is 12.4 Å².